The van der Waals surface area contributed by atoms with Crippen molar-refractivity contribution in [2.45, 2.75) is 32.7 Å². The van der Waals surface area contributed by atoms with Crippen LogP contribution in [0.2, 0.25) is 0 Å². The van der Waals surface area contributed by atoms with Crippen molar-refractivity contribution in [2.75, 3.05) is 0 Å². The number of carboxylic acids is 1. The molecule has 0 aromatic carbocycles. The Hall–Kier alpha value is -1.39. The molecule has 0 fully saturated rings. The highest BCUT2D eigenvalue weighted by atomic mass is 19.1. The minimum Gasteiger partial charge on any atom is -0.481 e. The van der Waals surface area contributed by atoms with E-state index in [2.05, 4.69) is 5.10 Å². The first-order chi connectivity index (χ1) is 6.32. The van der Waals surface area contributed by atoms with Crippen LogP contribution in [0.15, 0.2) is 6.20 Å². The number of rotatable bonds is 2. The molecule has 0 aliphatic rings. The molecule has 0 spiro atoms. The third kappa shape index (κ3) is 2.10. The average molecular weight is 200 g/mol. The predicted molar refractivity (Wildman–Crippen MR) is 48.5 cm³/mol. The summed E-state index contributed by atoms with van der Waals surface area (Å²) in [5.74, 6) is -1.63. The fourth-order valence-corrected chi connectivity index (χ4v) is 1.12. The number of nitrogens with zero attached hydrogens (tertiary/aromatic N) is 2. The van der Waals surface area contributed by atoms with Crippen molar-refractivity contribution in [1.29, 1.82) is 0 Å². The monoisotopic (exact) mass is 200 g/mol. The lowest BCUT2D eigenvalue weighted by Gasteiger charge is -2.19. The summed E-state index contributed by atoms with van der Waals surface area (Å²) in [6, 6.07) is 0. The highest BCUT2D eigenvalue weighted by Crippen LogP contribution is 2.17. The lowest BCUT2D eigenvalue weighted by atomic mass is 10.1. The Morgan fingerprint density at radius 2 is 2.21 bits per heavy atom. The number of aliphatic carboxylic acids is 1. The molecule has 0 amide bonds. The van der Waals surface area contributed by atoms with Crippen molar-refractivity contribution in [1.82, 2.24) is 9.78 Å². The van der Waals surface area contributed by atoms with Gasteiger partial charge in [0.1, 0.15) is 0 Å². The Morgan fingerprint density at radius 3 is 2.57 bits per heavy atom. The zero-order valence-electron chi connectivity index (χ0n) is 8.41. The number of aromatic nitrogens is 2. The predicted octanol–water partition coefficient (Wildman–Crippen LogP) is 1.40. The maximum absolute atomic E-state index is 13.5. The second kappa shape index (κ2) is 3.40. The zero-order chi connectivity index (χ0) is 10.9. The van der Waals surface area contributed by atoms with Crippen molar-refractivity contribution < 1.29 is 14.3 Å². The lowest BCUT2D eigenvalue weighted by molar-refractivity contribution is -0.136. The number of halogens is 1. The molecule has 4 nitrogen and oxygen atoms in total. The van der Waals surface area contributed by atoms with Gasteiger partial charge in [-0.1, -0.05) is 0 Å². The summed E-state index contributed by atoms with van der Waals surface area (Å²) in [6.45, 7) is 5.40. The Bertz CT molecular complexity index is 352. The summed E-state index contributed by atoms with van der Waals surface area (Å²) >= 11 is 0. The number of hydrogen-bond acceptors (Lipinski definition) is 2. The van der Waals surface area contributed by atoms with Crippen molar-refractivity contribution in [3.8, 4) is 0 Å². The molecule has 1 aromatic heterocycles. The van der Waals surface area contributed by atoms with Gasteiger partial charge in [0.15, 0.2) is 0 Å². The molecular weight excluding hydrogens is 187 g/mol. The van der Waals surface area contributed by atoms with E-state index in [-0.39, 0.29) is 12.0 Å². The second-order valence-electron chi connectivity index (χ2n) is 4.11. The van der Waals surface area contributed by atoms with Gasteiger partial charge in [-0.05, 0) is 20.8 Å². The van der Waals surface area contributed by atoms with Crippen LogP contribution in [0, 0.1) is 5.95 Å². The number of carboxylic acid groups (broad SMARTS) is 1. The SMILES string of the molecule is CC(C)(C)n1ncc(CC(=O)O)c1F. The first kappa shape index (κ1) is 10.7. The minimum atomic E-state index is -1.06. The van der Waals surface area contributed by atoms with Gasteiger partial charge < -0.3 is 5.11 Å². The molecule has 14 heavy (non-hydrogen) atoms. The molecule has 0 unspecified atom stereocenters. The molecule has 0 saturated heterocycles. The third-order valence-electron chi connectivity index (χ3n) is 1.76. The van der Waals surface area contributed by atoms with E-state index < -0.39 is 17.5 Å². The number of hydrogen-bond donors (Lipinski definition) is 1. The molecule has 1 N–H and O–H groups in total. The van der Waals surface area contributed by atoms with E-state index in [0.29, 0.717) is 0 Å². The summed E-state index contributed by atoms with van der Waals surface area (Å²) in [4.78, 5) is 10.4. The Balaban J connectivity index is 3.03. The lowest BCUT2D eigenvalue weighted by Crippen LogP contribution is -2.25. The molecule has 0 saturated carbocycles. The smallest absolute Gasteiger partial charge is 0.308 e. The highest BCUT2D eigenvalue weighted by Gasteiger charge is 2.21. The van der Waals surface area contributed by atoms with Crippen LogP contribution in [0.3, 0.4) is 0 Å². The van der Waals surface area contributed by atoms with Crippen LogP contribution in [0.1, 0.15) is 26.3 Å². The van der Waals surface area contributed by atoms with E-state index >= 15 is 0 Å². The molecule has 0 atom stereocenters. The molecule has 1 heterocycles. The van der Waals surface area contributed by atoms with Crippen LogP contribution in [0.4, 0.5) is 4.39 Å². The molecule has 78 valence electrons. The van der Waals surface area contributed by atoms with E-state index in [1.54, 1.807) is 20.8 Å². The van der Waals surface area contributed by atoms with E-state index in [0.717, 1.165) is 0 Å². The van der Waals surface area contributed by atoms with Crippen molar-refractivity contribution in [3.63, 3.8) is 0 Å². The molecule has 0 aliphatic heterocycles. The van der Waals surface area contributed by atoms with Gasteiger partial charge in [-0.15, -0.1) is 0 Å². The van der Waals surface area contributed by atoms with Crippen LogP contribution in [-0.2, 0) is 16.8 Å². The Morgan fingerprint density at radius 1 is 1.64 bits per heavy atom. The summed E-state index contributed by atoms with van der Waals surface area (Å²) < 4.78 is 14.7. The quantitative estimate of drug-likeness (QED) is 0.785. The van der Waals surface area contributed by atoms with Gasteiger partial charge in [-0.2, -0.15) is 9.49 Å². The molecular formula is C9H13FN2O2. The van der Waals surface area contributed by atoms with Crippen molar-refractivity contribution in [2.24, 2.45) is 0 Å². The third-order valence-corrected chi connectivity index (χ3v) is 1.76. The summed E-state index contributed by atoms with van der Waals surface area (Å²) in [6.07, 6.45) is 0.927. The second-order valence-corrected chi connectivity index (χ2v) is 4.11. The fraction of sp³-hybridized carbons (Fsp3) is 0.556. The Kier molecular flexibility index (Phi) is 2.59. The summed E-state index contributed by atoms with van der Waals surface area (Å²) in [5.41, 5.74) is -0.353. The number of carbonyl (C=O) groups is 1. The fourth-order valence-electron chi connectivity index (χ4n) is 1.12. The maximum atomic E-state index is 13.5. The van der Waals surface area contributed by atoms with Gasteiger partial charge in [0.25, 0.3) is 0 Å². The van der Waals surface area contributed by atoms with Gasteiger partial charge in [0.2, 0.25) is 5.95 Å². The molecule has 1 aromatic rings. The first-order valence-electron chi connectivity index (χ1n) is 4.27. The molecule has 1 rings (SSSR count). The largest absolute Gasteiger partial charge is 0.481 e. The first-order valence-corrected chi connectivity index (χ1v) is 4.27. The summed E-state index contributed by atoms with van der Waals surface area (Å²) in [5, 5.41) is 12.3. The standard InChI is InChI=1S/C9H13FN2O2/c1-9(2,3)12-8(10)6(5-11-12)4-7(13)14/h5H,4H2,1-3H3,(H,13,14). The molecule has 0 radical (unpaired) electrons. The van der Waals surface area contributed by atoms with E-state index in [9.17, 15) is 9.18 Å². The molecule has 0 aliphatic carbocycles. The topological polar surface area (TPSA) is 55.1 Å². The van der Waals surface area contributed by atoms with Crippen LogP contribution in [0.25, 0.3) is 0 Å². The zero-order valence-corrected chi connectivity index (χ0v) is 8.41. The van der Waals surface area contributed by atoms with Gasteiger partial charge >= 0.3 is 5.97 Å². The van der Waals surface area contributed by atoms with Gasteiger partial charge in [-0.25, -0.2) is 4.68 Å². The van der Waals surface area contributed by atoms with E-state index in [1.807, 2.05) is 0 Å². The van der Waals surface area contributed by atoms with E-state index in [1.165, 1.54) is 10.9 Å². The Labute approximate surface area is 81.3 Å². The highest BCUT2D eigenvalue weighted by molar-refractivity contribution is 5.69. The van der Waals surface area contributed by atoms with Gasteiger partial charge in [-0.3, -0.25) is 4.79 Å². The normalized spacial score (nSPS) is 11.7. The van der Waals surface area contributed by atoms with Crippen LogP contribution in [0.5, 0.6) is 0 Å². The average Bonchev–Trinajstić information content (AvgIpc) is 2.30. The van der Waals surface area contributed by atoms with Crippen LogP contribution < -0.4 is 0 Å². The summed E-state index contributed by atoms with van der Waals surface area (Å²) in [7, 11) is 0. The maximum Gasteiger partial charge on any atom is 0.308 e. The van der Waals surface area contributed by atoms with Crippen LogP contribution in [-0.4, -0.2) is 20.9 Å². The molecule has 0 bridgehead atoms. The van der Waals surface area contributed by atoms with Crippen LogP contribution >= 0.6 is 0 Å². The van der Waals surface area contributed by atoms with Gasteiger partial charge in [0, 0.05) is 5.56 Å². The van der Waals surface area contributed by atoms with Gasteiger partial charge in [0.05, 0.1) is 18.2 Å². The van der Waals surface area contributed by atoms with Crippen molar-refractivity contribution in [3.05, 3.63) is 17.7 Å². The van der Waals surface area contributed by atoms with Crippen molar-refractivity contribution >= 4 is 5.97 Å². The minimum absolute atomic E-state index is 0.118. The van der Waals surface area contributed by atoms with E-state index in [4.69, 9.17) is 5.11 Å². The molecule has 5 heteroatoms.